The molecule has 71 heavy (non-hydrogen) atoms. The Kier molecular flexibility index (Phi) is 12.8. The molecule has 0 radical (unpaired) electrons. The van der Waals surface area contributed by atoms with Gasteiger partial charge in [0.2, 0.25) is 0 Å². The summed E-state index contributed by atoms with van der Waals surface area (Å²) in [6.45, 7) is 5.79. The zero-order valence-electron chi connectivity index (χ0n) is 39.2. The van der Waals surface area contributed by atoms with E-state index in [0.29, 0.717) is 104 Å². The molecule has 2 saturated heterocycles. The number of pyridine rings is 1. The Morgan fingerprint density at radius 3 is 1.96 bits per heavy atom. The molecule has 3 atom stereocenters. The largest absolute Gasteiger partial charge is 0.465 e. The van der Waals surface area contributed by atoms with E-state index in [2.05, 4.69) is 36.6 Å². The summed E-state index contributed by atoms with van der Waals surface area (Å²) in [6.07, 6.45) is 6.14. The first-order valence-corrected chi connectivity index (χ1v) is 24.2. The second-order valence-electron chi connectivity index (χ2n) is 19.1. The number of carbonyl (C=O) groups excluding carboxylic acids is 2. The van der Waals surface area contributed by atoms with E-state index in [4.69, 9.17) is 52.4 Å². The normalized spacial score (nSPS) is 21.2. The number of anilines is 1. The molecule has 6 aromatic rings. The number of nitriles is 2. The Hall–Kier alpha value is -6.57. The number of para-hydroxylation sites is 1. The molecule has 0 N–H and O–H groups in total. The fraction of sp³-hybridized carbons (Fsp3) is 0.431. The van der Waals surface area contributed by atoms with Crippen LogP contribution in [0.3, 0.4) is 0 Å². The second kappa shape index (κ2) is 18.9. The maximum absolute atomic E-state index is 15.4. The molecular weight excluding hydrogens is 960 g/mol. The highest BCUT2D eigenvalue weighted by Crippen LogP contribution is 2.53. The fourth-order valence-electron chi connectivity index (χ4n) is 10.2. The minimum Gasteiger partial charge on any atom is -0.465 e. The second-order valence-corrected chi connectivity index (χ2v) is 19.8. The van der Waals surface area contributed by atoms with Crippen LogP contribution in [0.4, 0.5) is 14.5 Å². The van der Waals surface area contributed by atoms with E-state index in [1.165, 1.54) is 20.3 Å². The summed E-state index contributed by atoms with van der Waals surface area (Å²) in [7, 11) is 2.52. The number of methoxy groups -OCH3 is 2. The number of hydrogen-bond donors (Lipinski definition) is 0. The molecule has 6 heterocycles. The van der Waals surface area contributed by atoms with Crippen LogP contribution in [0.5, 0.6) is 11.5 Å². The number of halogens is 4. The lowest BCUT2D eigenvalue weighted by Crippen LogP contribution is -2.59. The zero-order valence-corrected chi connectivity index (χ0v) is 40.7. The van der Waals surface area contributed by atoms with Crippen molar-refractivity contribution in [2.75, 3.05) is 45.4 Å². The molecule has 20 heteroatoms. The number of esters is 2. The van der Waals surface area contributed by atoms with Gasteiger partial charge in [0.05, 0.1) is 97.0 Å². The Balaban J connectivity index is 0.000000212. The summed E-state index contributed by atoms with van der Waals surface area (Å²) in [5, 5.41) is 19.0. The molecular formula is C51H49Cl2F2N9O7. The molecule has 0 spiro atoms. The molecule has 2 saturated carbocycles. The van der Waals surface area contributed by atoms with Gasteiger partial charge in [-0.2, -0.15) is 10.5 Å². The van der Waals surface area contributed by atoms with E-state index in [1.54, 1.807) is 30.5 Å². The SMILES string of the molecule is COC(=O)c1cc(F)c2nc(CCl)n(CC3(CC#N)CC3)c2c1.COC(=O)c1cc(F)c2nc(CN3CCN(c4cccc5c4O[C@](C)(c4ccc(Cl)cn4)O5)[C@H]4COC[C@H]43)n(CC3(CC#N)CC3)c2c1. The Bertz CT molecular complexity index is 3160. The summed E-state index contributed by atoms with van der Waals surface area (Å²) in [5.74, 6) is -0.845. The molecule has 368 valence electrons. The molecule has 0 bridgehead atoms. The minimum atomic E-state index is -1.11. The molecule has 4 fully saturated rings. The number of piperazine rings is 1. The molecule has 0 unspecified atom stereocenters. The van der Waals surface area contributed by atoms with Crippen LogP contribution in [-0.2, 0) is 45.5 Å². The highest BCUT2D eigenvalue weighted by molar-refractivity contribution is 6.30. The summed E-state index contributed by atoms with van der Waals surface area (Å²) >= 11 is 12.0. The van der Waals surface area contributed by atoms with E-state index in [1.807, 2.05) is 34.3 Å². The van der Waals surface area contributed by atoms with Crippen molar-refractivity contribution in [3.8, 4) is 23.6 Å². The topological polar surface area (TPSA) is 183 Å². The molecule has 0 amide bonds. The van der Waals surface area contributed by atoms with E-state index in [9.17, 15) is 19.2 Å². The predicted molar refractivity (Wildman–Crippen MR) is 256 cm³/mol. The van der Waals surface area contributed by atoms with Crippen LogP contribution in [0.1, 0.15) is 83.5 Å². The van der Waals surface area contributed by atoms with Gasteiger partial charge in [-0.1, -0.05) is 17.7 Å². The van der Waals surface area contributed by atoms with Gasteiger partial charge in [0, 0.05) is 63.0 Å². The fourth-order valence-corrected chi connectivity index (χ4v) is 10.5. The summed E-state index contributed by atoms with van der Waals surface area (Å²) in [5.41, 5.74) is 2.93. The number of benzene rings is 3. The van der Waals surface area contributed by atoms with Crippen molar-refractivity contribution in [2.24, 2.45) is 10.8 Å². The van der Waals surface area contributed by atoms with Crippen LogP contribution in [0.25, 0.3) is 22.1 Å². The maximum atomic E-state index is 15.4. The predicted octanol–water partition coefficient (Wildman–Crippen LogP) is 8.83. The third-order valence-electron chi connectivity index (χ3n) is 14.5. The average molecular weight is 1010 g/mol. The van der Waals surface area contributed by atoms with Crippen molar-refractivity contribution in [3.63, 3.8) is 0 Å². The smallest absolute Gasteiger partial charge is 0.338 e. The summed E-state index contributed by atoms with van der Waals surface area (Å²) in [6, 6.07) is 19.5. The number of fused-ring (bicyclic) bond motifs is 4. The van der Waals surface area contributed by atoms with Gasteiger partial charge in [0.1, 0.15) is 28.4 Å². The highest BCUT2D eigenvalue weighted by Gasteiger charge is 2.48. The molecule has 5 aliphatic rings. The third-order valence-corrected chi connectivity index (χ3v) is 14.9. The van der Waals surface area contributed by atoms with Gasteiger partial charge in [-0.25, -0.2) is 28.3 Å². The standard InChI is InChI=1S/C35H34ClFN6O5.C16H15ClFN3O2/c1-34(29-7-6-22(36)16-39-29)47-28-5-3-4-24(32(28)48-34)42-13-12-41(26-18-46-19-27(26)42)17-30-40-31-23(37)14-21(33(44)45-2)15-25(31)43(30)20-35(8-9-35)10-11-38;1-23-15(22)10-6-11(18)14-12(7-10)21(13(8-17)20-14)9-16(2-3-16)4-5-19/h3-7,14-16,26-27H,8-10,12-13,17-20H2,1-2H3;6-7H,2-4,8-9H2,1H3/t26-,27+,34-;/m1./s1. The monoisotopic (exact) mass is 1010 g/mol. The number of carbonyl (C=O) groups is 2. The average Bonchev–Trinajstić information content (AvgIpc) is 4.05. The van der Waals surface area contributed by atoms with E-state index < -0.39 is 29.4 Å². The van der Waals surface area contributed by atoms with Gasteiger partial charge in [-0.15, -0.1) is 11.6 Å². The van der Waals surface area contributed by atoms with Crippen LogP contribution in [0, 0.1) is 45.1 Å². The Morgan fingerprint density at radius 2 is 1.41 bits per heavy atom. The molecule has 3 aromatic heterocycles. The zero-order chi connectivity index (χ0) is 49.8. The molecule has 3 aliphatic heterocycles. The van der Waals surface area contributed by atoms with Crippen LogP contribution in [0.2, 0.25) is 5.02 Å². The number of aromatic nitrogens is 5. The van der Waals surface area contributed by atoms with Crippen molar-refractivity contribution in [1.82, 2.24) is 29.0 Å². The number of alkyl halides is 1. The van der Waals surface area contributed by atoms with Crippen molar-refractivity contribution in [1.29, 1.82) is 10.5 Å². The van der Waals surface area contributed by atoms with E-state index >= 15 is 4.39 Å². The van der Waals surface area contributed by atoms with Gasteiger partial charge in [0.25, 0.3) is 5.79 Å². The van der Waals surface area contributed by atoms with Crippen LogP contribution >= 0.6 is 23.2 Å². The van der Waals surface area contributed by atoms with Gasteiger partial charge in [-0.3, -0.25) is 9.88 Å². The first kappa shape index (κ1) is 48.1. The number of ether oxygens (including phenoxy) is 5. The molecule has 2 aliphatic carbocycles. The Morgan fingerprint density at radius 1 is 0.817 bits per heavy atom. The lowest BCUT2D eigenvalue weighted by Gasteiger charge is -2.44. The summed E-state index contributed by atoms with van der Waals surface area (Å²) < 4.78 is 62.0. The number of rotatable bonds is 13. The van der Waals surface area contributed by atoms with E-state index in [-0.39, 0.29) is 51.0 Å². The van der Waals surface area contributed by atoms with Crippen LogP contribution in [0.15, 0.2) is 60.8 Å². The number of nitrogens with zero attached hydrogens (tertiary/aromatic N) is 9. The maximum Gasteiger partial charge on any atom is 0.338 e. The number of imidazole rings is 2. The minimum absolute atomic E-state index is 0.0169. The lowest BCUT2D eigenvalue weighted by molar-refractivity contribution is -0.0716. The van der Waals surface area contributed by atoms with Crippen molar-refractivity contribution in [2.45, 2.75) is 88.8 Å². The van der Waals surface area contributed by atoms with Gasteiger partial charge < -0.3 is 37.7 Å². The lowest BCUT2D eigenvalue weighted by atomic mass is 10.0. The van der Waals surface area contributed by atoms with Crippen molar-refractivity contribution < 1.29 is 42.1 Å². The first-order valence-electron chi connectivity index (χ1n) is 23.3. The van der Waals surface area contributed by atoms with Crippen LogP contribution in [-0.4, -0.2) is 93.5 Å². The van der Waals surface area contributed by atoms with E-state index in [0.717, 1.165) is 37.4 Å². The quantitative estimate of drug-likeness (QED) is 0.0790. The first-order chi connectivity index (χ1) is 34.2. The van der Waals surface area contributed by atoms with Crippen molar-refractivity contribution >= 4 is 62.9 Å². The van der Waals surface area contributed by atoms with Gasteiger partial charge in [-0.05, 0) is 74.2 Å². The molecule has 16 nitrogen and oxygen atoms in total. The highest BCUT2D eigenvalue weighted by atomic mass is 35.5. The third kappa shape index (κ3) is 9.07. The van der Waals surface area contributed by atoms with Crippen LogP contribution < -0.4 is 14.4 Å². The van der Waals surface area contributed by atoms with Gasteiger partial charge >= 0.3 is 11.9 Å². The van der Waals surface area contributed by atoms with Gasteiger partial charge in [0.15, 0.2) is 23.1 Å². The Labute approximate surface area is 417 Å². The summed E-state index contributed by atoms with van der Waals surface area (Å²) in [4.78, 5) is 42.3. The molecule has 3 aromatic carbocycles. The van der Waals surface area contributed by atoms with Crippen molar-refractivity contribution in [3.05, 3.63) is 106 Å². The molecule has 11 rings (SSSR count). The number of hydrogen-bond acceptors (Lipinski definition) is 14.